The van der Waals surface area contributed by atoms with E-state index in [4.69, 9.17) is 16.0 Å². The maximum absolute atomic E-state index is 5.95. The molecular formula is C15H20ClN3O. The van der Waals surface area contributed by atoms with Crippen molar-refractivity contribution in [2.75, 3.05) is 6.54 Å². The summed E-state index contributed by atoms with van der Waals surface area (Å²) < 4.78 is 5.65. The highest BCUT2D eigenvalue weighted by atomic mass is 35.5. The zero-order valence-electron chi connectivity index (χ0n) is 12.1. The number of halogens is 1. The van der Waals surface area contributed by atoms with E-state index in [0.717, 1.165) is 24.9 Å². The van der Waals surface area contributed by atoms with E-state index < -0.39 is 0 Å². The summed E-state index contributed by atoms with van der Waals surface area (Å²) in [4.78, 5) is 0. The fourth-order valence-corrected chi connectivity index (χ4v) is 1.99. The molecule has 2 rings (SSSR count). The monoisotopic (exact) mass is 293 g/mol. The number of nitrogens with zero attached hydrogens (tertiary/aromatic N) is 2. The molecule has 0 aliphatic rings. The largest absolute Gasteiger partial charge is 0.421 e. The molecule has 0 aliphatic carbocycles. The Labute approximate surface area is 124 Å². The van der Waals surface area contributed by atoms with Gasteiger partial charge in [0.1, 0.15) is 0 Å². The van der Waals surface area contributed by atoms with Gasteiger partial charge in [-0.2, -0.15) is 0 Å². The first-order valence-corrected chi connectivity index (χ1v) is 7.15. The lowest BCUT2D eigenvalue weighted by Crippen LogP contribution is -2.36. The fourth-order valence-electron chi connectivity index (χ4n) is 1.80. The van der Waals surface area contributed by atoms with Crippen molar-refractivity contribution in [3.8, 4) is 11.5 Å². The smallest absolute Gasteiger partial charge is 0.247 e. The average molecular weight is 294 g/mol. The second-order valence-corrected chi connectivity index (χ2v) is 6.23. The predicted octanol–water partition coefficient (Wildman–Crippen LogP) is 3.71. The predicted molar refractivity (Wildman–Crippen MR) is 80.8 cm³/mol. The summed E-state index contributed by atoms with van der Waals surface area (Å²) in [6.45, 7) is 7.38. The van der Waals surface area contributed by atoms with Crippen LogP contribution in [-0.2, 0) is 6.42 Å². The third-order valence-electron chi connectivity index (χ3n) is 2.76. The van der Waals surface area contributed by atoms with Crippen molar-refractivity contribution < 1.29 is 4.42 Å². The quantitative estimate of drug-likeness (QED) is 0.854. The lowest BCUT2D eigenvalue weighted by molar-refractivity contribution is 0.412. The van der Waals surface area contributed by atoms with Gasteiger partial charge in [-0.1, -0.05) is 17.7 Å². The van der Waals surface area contributed by atoms with E-state index in [2.05, 4.69) is 36.3 Å². The van der Waals surface area contributed by atoms with Crippen LogP contribution in [0.15, 0.2) is 28.7 Å². The molecule has 1 N–H and O–H groups in total. The van der Waals surface area contributed by atoms with E-state index in [0.29, 0.717) is 16.8 Å². The van der Waals surface area contributed by atoms with Crippen LogP contribution in [0.3, 0.4) is 0 Å². The molecule has 5 heteroatoms. The molecule has 0 saturated heterocycles. The molecule has 4 nitrogen and oxygen atoms in total. The van der Waals surface area contributed by atoms with Gasteiger partial charge in [-0.05, 0) is 51.9 Å². The molecule has 2 aromatic rings. The number of aryl methyl sites for hydroxylation is 1. The Morgan fingerprint density at radius 1 is 1.25 bits per heavy atom. The van der Waals surface area contributed by atoms with Gasteiger partial charge >= 0.3 is 0 Å². The molecule has 0 amide bonds. The van der Waals surface area contributed by atoms with Crippen LogP contribution in [0.25, 0.3) is 11.5 Å². The zero-order chi connectivity index (χ0) is 14.6. The van der Waals surface area contributed by atoms with Gasteiger partial charge in [0.05, 0.1) is 0 Å². The first kappa shape index (κ1) is 15.0. The molecule has 1 aromatic carbocycles. The molecule has 0 spiro atoms. The minimum atomic E-state index is 0.140. The molecule has 0 unspecified atom stereocenters. The Morgan fingerprint density at radius 3 is 2.75 bits per heavy atom. The first-order chi connectivity index (χ1) is 9.44. The number of rotatable bonds is 5. The molecule has 1 aromatic heterocycles. The average Bonchev–Trinajstić information content (AvgIpc) is 2.82. The molecule has 0 saturated carbocycles. The Morgan fingerprint density at radius 2 is 2.05 bits per heavy atom. The molecule has 0 fully saturated rings. The highest BCUT2D eigenvalue weighted by Crippen LogP contribution is 2.21. The highest BCUT2D eigenvalue weighted by Gasteiger charge is 2.10. The van der Waals surface area contributed by atoms with Crippen molar-refractivity contribution in [2.24, 2.45) is 0 Å². The summed E-state index contributed by atoms with van der Waals surface area (Å²) in [6.07, 6.45) is 1.74. The van der Waals surface area contributed by atoms with Crippen LogP contribution in [0.2, 0.25) is 5.02 Å². The lowest BCUT2D eigenvalue weighted by atomic mass is 10.1. The van der Waals surface area contributed by atoms with Gasteiger partial charge in [0, 0.05) is 22.5 Å². The maximum atomic E-state index is 5.95. The minimum absolute atomic E-state index is 0.140. The Bertz CT molecular complexity index is 560. The number of benzene rings is 1. The fraction of sp³-hybridized carbons (Fsp3) is 0.467. The van der Waals surface area contributed by atoms with Crippen molar-refractivity contribution in [1.82, 2.24) is 15.5 Å². The number of nitrogens with one attached hydrogen (secondary N) is 1. The summed E-state index contributed by atoms with van der Waals surface area (Å²) in [6, 6.07) is 7.42. The van der Waals surface area contributed by atoms with E-state index >= 15 is 0 Å². The standard InChI is InChI=1S/C15H20ClN3O/c1-15(2,3)17-9-5-8-13-18-19-14(20-13)11-6-4-7-12(16)10-11/h4,6-7,10,17H,5,8-9H2,1-3H3. The number of aromatic nitrogens is 2. The van der Waals surface area contributed by atoms with Crippen molar-refractivity contribution in [3.05, 3.63) is 35.2 Å². The third kappa shape index (κ3) is 4.62. The van der Waals surface area contributed by atoms with Gasteiger partial charge in [0.15, 0.2) is 0 Å². The van der Waals surface area contributed by atoms with E-state index in [1.54, 1.807) is 0 Å². The number of hydrogen-bond donors (Lipinski definition) is 1. The maximum Gasteiger partial charge on any atom is 0.247 e. The lowest BCUT2D eigenvalue weighted by Gasteiger charge is -2.19. The minimum Gasteiger partial charge on any atom is -0.421 e. The molecule has 20 heavy (non-hydrogen) atoms. The van der Waals surface area contributed by atoms with Crippen LogP contribution in [-0.4, -0.2) is 22.3 Å². The molecule has 0 radical (unpaired) electrons. The van der Waals surface area contributed by atoms with Gasteiger partial charge in [0.25, 0.3) is 0 Å². The number of hydrogen-bond acceptors (Lipinski definition) is 4. The van der Waals surface area contributed by atoms with E-state index in [1.807, 2.05) is 24.3 Å². The van der Waals surface area contributed by atoms with Gasteiger partial charge in [0.2, 0.25) is 11.8 Å². The molecule has 0 aliphatic heterocycles. The van der Waals surface area contributed by atoms with E-state index in [9.17, 15) is 0 Å². The normalized spacial score (nSPS) is 11.8. The van der Waals surface area contributed by atoms with Gasteiger partial charge in [-0.25, -0.2) is 0 Å². The SMILES string of the molecule is CC(C)(C)NCCCc1nnc(-c2cccc(Cl)c2)o1. The molecule has 108 valence electrons. The third-order valence-corrected chi connectivity index (χ3v) is 3.00. The Kier molecular flexibility index (Phi) is 4.78. The molecule has 0 bridgehead atoms. The Hall–Kier alpha value is -1.39. The van der Waals surface area contributed by atoms with E-state index in [1.165, 1.54) is 0 Å². The van der Waals surface area contributed by atoms with Crippen LogP contribution in [0.4, 0.5) is 0 Å². The van der Waals surface area contributed by atoms with Crippen LogP contribution in [0.1, 0.15) is 33.1 Å². The zero-order valence-corrected chi connectivity index (χ0v) is 12.9. The van der Waals surface area contributed by atoms with Crippen LogP contribution < -0.4 is 5.32 Å². The summed E-state index contributed by atoms with van der Waals surface area (Å²) in [5.41, 5.74) is 0.991. The second-order valence-electron chi connectivity index (χ2n) is 5.79. The van der Waals surface area contributed by atoms with Gasteiger partial charge in [-0.3, -0.25) is 0 Å². The second kappa shape index (κ2) is 6.37. The summed E-state index contributed by atoms with van der Waals surface area (Å²) in [7, 11) is 0. The van der Waals surface area contributed by atoms with Gasteiger partial charge < -0.3 is 9.73 Å². The summed E-state index contributed by atoms with van der Waals surface area (Å²) in [5.74, 6) is 1.18. The van der Waals surface area contributed by atoms with Crippen molar-refractivity contribution in [3.63, 3.8) is 0 Å². The Balaban J connectivity index is 1.90. The van der Waals surface area contributed by atoms with Gasteiger partial charge in [-0.15, -0.1) is 10.2 Å². The molecule has 0 atom stereocenters. The van der Waals surface area contributed by atoms with Crippen molar-refractivity contribution in [2.45, 2.75) is 39.2 Å². The van der Waals surface area contributed by atoms with Crippen LogP contribution >= 0.6 is 11.6 Å². The molecular weight excluding hydrogens is 274 g/mol. The summed E-state index contributed by atoms with van der Waals surface area (Å²) in [5, 5.41) is 12.2. The van der Waals surface area contributed by atoms with Crippen molar-refractivity contribution in [1.29, 1.82) is 0 Å². The van der Waals surface area contributed by atoms with E-state index in [-0.39, 0.29) is 5.54 Å². The molecule has 1 heterocycles. The topological polar surface area (TPSA) is 51.0 Å². The van der Waals surface area contributed by atoms with Crippen LogP contribution in [0, 0.1) is 0 Å². The first-order valence-electron chi connectivity index (χ1n) is 6.77. The summed E-state index contributed by atoms with van der Waals surface area (Å²) >= 11 is 5.95. The van der Waals surface area contributed by atoms with Crippen molar-refractivity contribution >= 4 is 11.6 Å². The highest BCUT2D eigenvalue weighted by molar-refractivity contribution is 6.30. The van der Waals surface area contributed by atoms with Crippen LogP contribution in [0.5, 0.6) is 0 Å².